The van der Waals surface area contributed by atoms with Crippen molar-refractivity contribution in [3.63, 3.8) is 0 Å². The molecule has 0 heterocycles. The van der Waals surface area contributed by atoms with Gasteiger partial charge in [0.25, 0.3) is 0 Å². The lowest BCUT2D eigenvalue weighted by Crippen LogP contribution is -2.59. The number of amides is 1. The van der Waals surface area contributed by atoms with Crippen LogP contribution in [0.15, 0.2) is 0 Å². The Morgan fingerprint density at radius 1 is 1.42 bits per heavy atom. The monoisotopic (exact) mass is 274 g/mol. The van der Waals surface area contributed by atoms with Crippen LogP contribution in [0.4, 0.5) is 4.39 Å². The largest absolute Gasteiger partial charge is 0.480 e. The van der Waals surface area contributed by atoms with E-state index < -0.39 is 46.9 Å². The molecule has 0 aromatic rings. The molecule has 0 bridgehead atoms. The van der Waals surface area contributed by atoms with Gasteiger partial charge in [-0.05, 0) is 19.8 Å². The van der Waals surface area contributed by atoms with Crippen molar-refractivity contribution in [2.45, 2.75) is 37.0 Å². The first-order valence-electron chi connectivity index (χ1n) is 5.90. The molecule has 0 aromatic carbocycles. The van der Waals surface area contributed by atoms with Crippen LogP contribution < -0.4 is 11.1 Å². The maximum Gasteiger partial charge on any atom is 0.342 e. The van der Waals surface area contributed by atoms with E-state index in [4.69, 9.17) is 15.9 Å². The van der Waals surface area contributed by atoms with Crippen LogP contribution in [0, 0.1) is 11.8 Å². The zero-order valence-electron chi connectivity index (χ0n) is 10.2. The molecule has 1 amide bonds. The zero-order chi connectivity index (χ0) is 14.6. The molecule has 0 saturated heterocycles. The van der Waals surface area contributed by atoms with Gasteiger partial charge in [0.05, 0.1) is 0 Å². The predicted octanol–water partition coefficient (Wildman–Crippen LogP) is -0.894. The minimum Gasteiger partial charge on any atom is -0.480 e. The van der Waals surface area contributed by atoms with Crippen molar-refractivity contribution in [2.75, 3.05) is 0 Å². The van der Waals surface area contributed by atoms with E-state index in [1.165, 1.54) is 6.92 Å². The number of carbonyl (C=O) groups is 3. The summed E-state index contributed by atoms with van der Waals surface area (Å²) in [6.07, 6.45) is 0.359. The molecule has 8 heteroatoms. The molecule has 2 aliphatic carbocycles. The van der Waals surface area contributed by atoms with Crippen LogP contribution >= 0.6 is 0 Å². The van der Waals surface area contributed by atoms with Crippen molar-refractivity contribution >= 4 is 17.8 Å². The van der Waals surface area contributed by atoms with Gasteiger partial charge < -0.3 is 21.3 Å². The van der Waals surface area contributed by atoms with E-state index >= 15 is 0 Å². The Labute approximate surface area is 108 Å². The average molecular weight is 274 g/mol. The second kappa shape index (κ2) is 3.89. The van der Waals surface area contributed by atoms with Gasteiger partial charge in [0.1, 0.15) is 11.6 Å². The van der Waals surface area contributed by atoms with Crippen molar-refractivity contribution in [1.82, 2.24) is 5.32 Å². The lowest BCUT2D eigenvalue weighted by Gasteiger charge is -2.27. The third kappa shape index (κ3) is 1.70. The summed E-state index contributed by atoms with van der Waals surface area (Å²) in [5.74, 6) is -5.52. The third-order valence-electron chi connectivity index (χ3n) is 4.18. The van der Waals surface area contributed by atoms with Crippen molar-refractivity contribution in [1.29, 1.82) is 0 Å². The number of carbonyl (C=O) groups excluding carboxylic acids is 1. The maximum absolute atomic E-state index is 14.1. The fraction of sp³-hybridized carbons (Fsp3) is 0.727. The van der Waals surface area contributed by atoms with Crippen molar-refractivity contribution in [2.24, 2.45) is 17.6 Å². The summed E-state index contributed by atoms with van der Waals surface area (Å²) in [5.41, 5.74) is 1.73. The summed E-state index contributed by atoms with van der Waals surface area (Å²) in [7, 11) is 0. The molecule has 2 rings (SSSR count). The summed E-state index contributed by atoms with van der Waals surface area (Å²) in [5, 5.41) is 19.7. The molecule has 2 fully saturated rings. The highest BCUT2D eigenvalue weighted by atomic mass is 19.1. The fourth-order valence-corrected chi connectivity index (χ4v) is 3.02. The first kappa shape index (κ1) is 13.7. The van der Waals surface area contributed by atoms with Gasteiger partial charge in [-0.3, -0.25) is 9.59 Å². The number of fused-ring (bicyclic) bond motifs is 1. The van der Waals surface area contributed by atoms with Crippen LogP contribution in [0.1, 0.15) is 19.8 Å². The van der Waals surface area contributed by atoms with Crippen molar-refractivity contribution in [3.05, 3.63) is 0 Å². The summed E-state index contributed by atoms with van der Waals surface area (Å²) in [6, 6.07) is -1.16. The van der Waals surface area contributed by atoms with Crippen molar-refractivity contribution in [3.8, 4) is 0 Å². The molecule has 5 N–H and O–H groups in total. The molecule has 106 valence electrons. The quantitative estimate of drug-likeness (QED) is 0.526. The molecule has 7 nitrogen and oxygen atoms in total. The van der Waals surface area contributed by atoms with Gasteiger partial charge in [-0.1, -0.05) is 0 Å². The number of carboxylic acid groups (broad SMARTS) is 2. The second-order valence-corrected chi connectivity index (χ2v) is 5.27. The summed E-state index contributed by atoms with van der Waals surface area (Å²) >= 11 is 0. The molecule has 0 unspecified atom stereocenters. The molecular weight excluding hydrogens is 259 g/mol. The van der Waals surface area contributed by atoms with Gasteiger partial charge in [-0.15, -0.1) is 0 Å². The number of hydrogen-bond acceptors (Lipinski definition) is 4. The number of aliphatic carboxylic acids is 2. The summed E-state index contributed by atoms with van der Waals surface area (Å²) in [6.45, 7) is 1.25. The molecule has 5 atom stereocenters. The Hall–Kier alpha value is -1.70. The third-order valence-corrected chi connectivity index (χ3v) is 4.18. The number of nitrogens with two attached hydrogens (primary N) is 1. The molecule has 19 heavy (non-hydrogen) atoms. The van der Waals surface area contributed by atoms with Crippen LogP contribution in [-0.2, 0) is 14.4 Å². The van der Waals surface area contributed by atoms with Crippen LogP contribution in [0.25, 0.3) is 0 Å². The van der Waals surface area contributed by atoms with Crippen LogP contribution in [0.5, 0.6) is 0 Å². The first-order chi connectivity index (χ1) is 8.65. The van der Waals surface area contributed by atoms with E-state index in [1.54, 1.807) is 0 Å². The average Bonchev–Trinajstić information content (AvgIpc) is 2.75. The van der Waals surface area contributed by atoms with Crippen molar-refractivity contribution < 1.29 is 29.0 Å². The Morgan fingerprint density at radius 2 is 2.00 bits per heavy atom. The molecule has 0 aromatic heterocycles. The van der Waals surface area contributed by atoms with Crippen LogP contribution in [0.2, 0.25) is 0 Å². The smallest absolute Gasteiger partial charge is 0.342 e. The lowest BCUT2D eigenvalue weighted by atomic mass is 9.89. The molecule has 0 spiro atoms. The maximum atomic E-state index is 14.1. The molecule has 0 aliphatic heterocycles. The normalized spacial score (nSPS) is 41.2. The van der Waals surface area contributed by atoms with E-state index in [-0.39, 0.29) is 12.8 Å². The fourth-order valence-electron chi connectivity index (χ4n) is 3.02. The number of hydrogen-bond donors (Lipinski definition) is 4. The van der Waals surface area contributed by atoms with E-state index in [1.807, 2.05) is 0 Å². The summed E-state index contributed by atoms with van der Waals surface area (Å²) < 4.78 is 14.1. The molecule has 2 saturated carbocycles. The highest BCUT2D eigenvalue weighted by Gasteiger charge is 2.81. The van der Waals surface area contributed by atoms with Gasteiger partial charge >= 0.3 is 11.9 Å². The minimum absolute atomic E-state index is 0.152. The van der Waals surface area contributed by atoms with Gasteiger partial charge in [0, 0.05) is 11.8 Å². The van der Waals surface area contributed by atoms with E-state index in [0.717, 1.165) is 0 Å². The standard InChI is InChI=1S/C11H15FN2O5/c1-4(7(15)16)14-8(17)10(13)3-2-5-6(10)11(5,12)9(18)19/h4-6H,2-3,13H2,1H3,(H,14,17)(H,15,16)(H,18,19)/t4-,5+,6+,10-,11+/m1/s1. The van der Waals surface area contributed by atoms with Crippen LogP contribution in [0.3, 0.4) is 0 Å². The minimum atomic E-state index is -2.46. The predicted molar refractivity (Wildman–Crippen MR) is 59.8 cm³/mol. The first-order valence-corrected chi connectivity index (χ1v) is 5.90. The Bertz CT molecular complexity index is 470. The van der Waals surface area contributed by atoms with E-state index in [9.17, 15) is 18.8 Å². The Balaban J connectivity index is 2.14. The van der Waals surface area contributed by atoms with E-state index in [2.05, 4.69) is 5.32 Å². The highest BCUT2D eigenvalue weighted by Crippen LogP contribution is 2.66. The molecule has 0 radical (unpaired) electrons. The second-order valence-electron chi connectivity index (χ2n) is 5.27. The summed E-state index contributed by atoms with van der Waals surface area (Å²) in [4.78, 5) is 33.5. The zero-order valence-corrected chi connectivity index (χ0v) is 10.2. The Morgan fingerprint density at radius 3 is 2.42 bits per heavy atom. The Kier molecular flexibility index (Phi) is 2.81. The topological polar surface area (TPSA) is 130 Å². The van der Waals surface area contributed by atoms with Gasteiger partial charge in [-0.25, -0.2) is 9.18 Å². The van der Waals surface area contributed by atoms with E-state index in [0.29, 0.717) is 0 Å². The SMILES string of the molecule is C[C@@H](NC(=O)[C@@]1(N)CC[C@H]2[C@@H]1[C@]2(F)C(=O)O)C(=O)O. The van der Waals surface area contributed by atoms with Gasteiger partial charge in [0.2, 0.25) is 11.6 Å². The number of rotatable bonds is 4. The van der Waals surface area contributed by atoms with Gasteiger partial charge in [-0.2, -0.15) is 0 Å². The number of nitrogens with one attached hydrogen (secondary N) is 1. The lowest BCUT2D eigenvalue weighted by molar-refractivity contribution is -0.148. The molecular formula is C11H15FN2O5. The number of alkyl halides is 1. The van der Waals surface area contributed by atoms with Crippen LogP contribution in [-0.4, -0.2) is 45.3 Å². The number of halogens is 1. The van der Waals surface area contributed by atoms with Gasteiger partial charge in [0.15, 0.2) is 0 Å². The molecule has 2 aliphatic rings. The highest BCUT2D eigenvalue weighted by molar-refractivity contribution is 5.94. The number of carboxylic acids is 2.